The van der Waals surface area contributed by atoms with Crippen LogP contribution in [0.25, 0.3) is 0 Å². The van der Waals surface area contributed by atoms with Gasteiger partial charge in [-0.05, 0) is 39.7 Å². The van der Waals surface area contributed by atoms with Gasteiger partial charge in [0, 0.05) is 25.2 Å². The van der Waals surface area contributed by atoms with Crippen molar-refractivity contribution in [1.82, 2.24) is 9.80 Å². The molecule has 0 radical (unpaired) electrons. The van der Waals surface area contributed by atoms with E-state index in [4.69, 9.17) is 5.73 Å². The molecule has 2 unspecified atom stereocenters. The maximum atomic E-state index is 12.2. The van der Waals surface area contributed by atoms with Gasteiger partial charge < -0.3 is 10.6 Å². The smallest absolute Gasteiger partial charge is 0.237 e. The quantitative estimate of drug-likeness (QED) is 0.860. The van der Waals surface area contributed by atoms with Crippen molar-refractivity contribution in [3.05, 3.63) is 0 Å². The summed E-state index contributed by atoms with van der Waals surface area (Å²) in [6.07, 6.45) is 2.15. The lowest BCUT2D eigenvalue weighted by molar-refractivity contribution is -0.136. The zero-order valence-corrected chi connectivity index (χ0v) is 14.1. The lowest BCUT2D eigenvalue weighted by atomic mass is 9.92. The van der Waals surface area contributed by atoms with Crippen LogP contribution >= 0.6 is 24.8 Å². The van der Waals surface area contributed by atoms with Gasteiger partial charge in [-0.1, -0.05) is 6.92 Å². The Bertz CT molecular complexity index is 264. The summed E-state index contributed by atoms with van der Waals surface area (Å²) < 4.78 is 0. The summed E-state index contributed by atoms with van der Waals surface area (Å²) >= 11 is 0. The molecule has 1 amide bonds. The molecule has 0 aromatic rings. The van der Waals surface area contributed by atoms with Crippen molar-refractivity contribution in [2.45, 2.75) is 45.7 Å². The molecule has 0 saturated carbocycles. The van der Waals surface area contributed by atoms with Crippen LogP contribution in [-0.4, -0.2) is 54.5 Å². The van der Waals surface area contributed by atoms with Crippen LogP contribution in [0.4, 0.5) is 0 Å². The van der Waals surface area contributed by atoms with Crippen LogP contribution in [0, 0.1) is 5.92 Å². The molecule has 0 spiro atoms. The number of halogens is 2. The average molecular weight is 314 g/mol. The second-order valence-corrected chi connectivity index (χ2v) is 5.62. The number of likely N-dealkylation sites (tertiary alicyclic amines) is 1. The number of carbonyl (C=O) groups is 1. The number of rotatable bonds is 4. The first-order chi connectivity index (χ1) is 7.95. The Labute approximate surface area is 129 Å². The highest BCUT2D eigenvalue weighted by atomic mass is 35.5. The maximum Gasteiger partial charge on any atom is 0.237 e. The Balaban J connectivity index is 0. The van der Waals surface area contributed by atoms with Crippen molar-refractivity contribution in [3.8, 4) is 0 Å². The number of likely N-dealkylation sites (N-methyl/N-ethyl adjacent to an activating group) is 1. The van der Waals surface area contributed by atoms with Crippen LogP contribution in [0.3, 0.4) is 0 Å². The molecule has 0 bridgehead atoms. The van der Waals surface area contributed by atoms with Crippen LogP contribution in [0.5, 0.6) is 0 Å². The Morgan fingerprint density at radius 2 is 2.00 bits per heavy atom. The van der Waals surface area contributed by atoms with E-state index in [0.717, 1.165) is 19.4 Å². The minimum absolute atomic E-state index is 0. The number of carbonyl (C=O) groups excluding carboxylic acids is 1. The highest BCUT2D eigenvalue weighted by Gasteiger charge is 2.29. The second-order valence-electron chi connectivity index (χ2n) is 5.62. The van der Waals surface area contributed by atoms with Crippen LogP contribution in [0.2, 0.25) is 0 Å². The molecule has 2 N–H and O–H groups in total. The van der Waals surface area contributed by atoms with E-state index in [-0.39, 0.29) is 36.8 Å². The Morgan fingerprint density at radius 1 is 1.42 bits per heavy atom. The first-order valence-electron chi connectivity index (χ1n) is 6.65. The van der Waals surface area contributed by atoms with Gasteiger partial charge in [0.2, 0.25) is 5.91 Å². The normalized spacial score (nSPS) is 23.0. The molecular weight excluding hydrogens is 285 g/mol. The zero-order valence-electron chi connectivity index (χ0n) is 12.5. The topological polar surface area (TPSA) is 49.6 Å². The molecule has 0 aromatic carbocycles. The number of piperidine rings is 1. The molecule has 1 aliphatic rings. The third-order valence-corrected chi connectivity index (χ3v) is 3.84. The van der Waals surface area contributed by atoms with Crippen LogP contribution in [0.15, 0.2) is 0 Å². The fraction of sp³-hybridized carbons (Fsp3) is 0.923. The largest absolute Gasteiger partial charge is 0.337 e. The van der Waals surface area contributed by atoms with Gasteiger partial charge >= 0.3 is 0 Å². The molecule has 19 heavy (non-hydrogen) atoms. The van der Waals surface area contributed by atoms with Gasteiger partial charge in [-0.3, -0.25) is 9.69 Å². The van der Waals surface area contributed by atoms with Gasteiger partial charge in [-0.25, -0.2) is 0 Å². The van der Waals surface area contributed by atoms with Crippen molar-refractivity contribution in [3.63, 3.8) is 0 Å². The van der Waals surface area contributed by atoms with Gasteiger partial charge in [-0.15, -0.1) is 24.8 Å². The van der Waals surface area contributed by atoms with E-state index in [1.807, 2.05) is 11.9 Å². The fourth-order valence-corrected chi connectivity index (χ4v) is 2.29. The van der Waals surface area contributed by atoms with Crippen molar-refractivity contribution in [2.24, 2.45) is 11.7 Å². The lowest BCUT2D eigenvalue weighted by Gasteiger charge is -2.39. The number of nitrogens with zero attached hydrogens (tertiary/aromatic N) is 2. The second kappa shape index (κ2) is 9.81. The third-order valence-electron chi connectivity index (χ3n) is 3.84. The van der Waals surface area contributed by atoms with E-state index in [1.165, 1.54) is 0 Å². The number of amides is 1. The summed E-state index contributed by atoms with van der Waals surface area (Å²) in [5.74, 6) is 0.916. The molecule has 1 fully saturated rings. The monoisotopic (exact) mass is 313 g/mol. The van der Waals surface area contributed by atoms with Crippen molar-refractivity contribution in [1.29, 1.82) is 0 Å². The summed E-state index contributed by atoms with van der Waals surface area (Å²) in [4.78, 5) is 16.3. The highest BCUT2D eigenvalue weighted by Crippen LogP contribution is 2.22. The molecule has 1 saturated heterocycles. The lowest BCUT2D eigenvalue weighted by Crippen LogP contribution is -2.52. The van der Waals surface area contributed by atoms with E-state index in [9.17, 15) is 4.79 Å². The van der Waals surface area contributed by atoms with Crippen LogP contribution < -0.4 is 5.73 Å². The molecule has 1 aliphatic heterocycles. The van der Waals surface area contributed by atoms with Crippen molar-refractivity contribution >= 4 is 30.7 Å². The van der Waals surface area contributed by atoms with Gasteiger partial charge in [0.05, 0.1) is 6.54 Å². The van der Waals surface area contributed by atoms with Crippen LogP contribution in [-0.2, 0) is 4.79 Å². The van der Waals surface area contributed by atoms with E-state index < -0.39 is 0 Å². The third kappa shape index (κ3) is 6.30. The number of hydrogen-bond acceptors (Lipinski definition) is 3. The summed E-state index contributed by atoms with van der Waals surface area (Å²) in [5, 5.41) is 0. The predicted octanol–water partition coefficient (Wildman–Crippen LogP) is 1.76. The van der Waals surface area contributed by atoms with E-state index in [0.29, 0.717) is 25.0 Å². The Kier molecular flexibility index (Phi) is 11.0. The molecule has 0 aliphatic carbocycles. The van der Waals surface area contributed by atoms with E-state index >= 15 is 0 Å². The summed E-state index contributed by atoms with van der Waals surface area (Å²) in [6, 6.07) is 0.644. The van der Waals surface area contributed by atoms with Gasteiger partial charge in [0.1, 0.15) is 0 Å². The predicted molar refractivity (Wildman–Crippen MR) is 85.2 cm³/mol. The minimum atomic E-state index is 0. The summed E-state index contributed by atoms with van der Waals surface area (Å²) in [6.45, 7) is 8.40. The summed E-state index contributed by atoms with van der Waals surface area (Å²) in [5.41, 5.74) is 5.78. The van der Waals surface area contributed by atoms with E-state index in [1.54, 1.807) is 0 Å². The van der Waals surface area contributed by atoms with Gasteiger partial charge in [0.25, 0.3) is 0 Å². The standard InChI is InChI=1S/C13H27N3O.2ClH/c1-10(2)15(4)9-13(17)16-6-5-11(3)7-12(16)8-14;;/h10-12H,5-9,14H2,1-4H3;2*1H. The molecule has 1 rings (SSSR count). The Hall–Kier alpha value is -0.0300. The van der Waals surface area contributed by atoms with Crippen LogP contribution in [0.1, 0.15) is 33.6 Å². The van der Waals surface area contributed by atoms with Gasteiger partial charge in [0.15, 0.2) is 0 Å². The zero-order chi connectivity index (χ0) is 13.0. The molecule has 4 nitrogen and oxygen atoms in total. The highest BCUT2D eigenvalue weighted by molar-refractivity contribution is 5.85. The maximum absolute atomic E-state index is 12.2. The Morgan fingerprint density at radius 3 is 2.47 bits per heavy atom. The van der Waals surface area contributed by atoms with Crippen molar-refractivity contribution in [2.75, 3.05) is 26.7 Å². The number of nitrogens with two attached hydrogens (primary N) is 1. The SMILES string of the molecule is CC1CCN(C(=O)CN(C)C(C)C)C(CN)C1.Cl.Cl. The average Bonchev–Trinajstić information content (AvgIpc) is 2.28. The summed E-state index contributed by atoms with van der Waals surface area (Å²) in [7, 11) is 1.99. The molecule has 6 heteroatoms. The van der Waals surface area contributed by atoms with Gasteiger partial charge in [-0.2, -0.15) is 0 Å². The molecular formula is C13H29Cl2N3O. The molecule has 0 aromatic heterocycles. The first-order valence-corrected chi connectivity index (χ1v) is 6.65. The van der Waals surface area contributed by atoms with E-state index in [2.05, 4.69) is 25.7 Å². The first kappa shape index (κ1) is 21.3. The minimum Gasteiger partial charge on any atom is -0.337 e. The number of hydrogen-bond donors (Lipinski definition) is 1. The molecule has 1 heterocycles. The molecule has 116 valence electrons. The fourth-order valence-electron chi connectivity index (χ4n) is 2.29. The van der Waals surface area contributed by atoms with Crippen molar-refractivity contribution < 1.29 is 4.79 Å². The molecule has 2 atom stereocenters.